The molecule has 3 rings (SSSR count). The van der Waals surface area contributed by atoms with Crippen molar-refractivity contribution in [3.63, 3.8) is 0 Å². The Morgan fingerprint density at radius 2 is 1.92 bits per heavy atom. The molecule has 2 aromatic carbocycles. The highest BCUT2D eigenvalue weighted by Gasteiger charge is 2.35. The summed E-state index contributed by atoms with van der Waals surface area (Å²) in [4.78, 5) is 26.2. The predicted octanol–water partition coefficient (Wildman–Crippen LogP) is 3.38. The Morgan fingerprint density at radius 3 is 2.58 bits per heavy atom. The van der Waals surface area contributed by atoms with E-state index >= 15 is 0 Å². The van der Waals surface area contributed by atoms with Gasteiger partial charge in [-0.2, -0.15) is 0 Å². The standard InChI is InChI=1S/C19H19FN2O2/c1-2-13-7-9-15(10-8-13)22-12-14(11-18(22)23)19(24)21-17-6-4-3-5-16(17)20/h3-10,14H,2,11-12H2,1H3,(H,21,24)/t14-/m0/s1. The third-order valence-electron chi connectivity index (χ3n) is 4.28. The largest absolute Gasteiger partial charge is 0.323 e. The molecule has 2 amide bonds. The zero-order chi connectivity index (χ0) is 17.1. The van der Waals surface area contributed by atoms with Gasteiger partial charge in [0.15, 0.2) is 0 Å². The molecule has 1 saturated heterocycles. The van der Waals surface area contributed by atoms with Crippen LogP contribution in [0.25, 0.3) is 0 Å². The molecule has 0 saturated carbocycles. The molecule has 1 N–H and O–H groups in total. The van der Waals surface area contributed by atoms with E-state index in [4.69, 9.17) is 0 Å². The van der Waals surface area contributed by atoms with Crippen LogP contribution in [0.5, 0.6) is 0 Å². The normalized spacial score (nSPS) is 17.2. The summed E-state index contributed by atoms with van der Waals surface area (Å²) in [7, 11) is 0. The number of para-hydroxylation sites is 1. The van der Waals surface area contributed by atoms with Crippen LogP contribution in [-0.4, -0.2) is 18.4 Å². The van der Waals surface area contributed by atoms with E-state index in [9.17, 15) is 14.0 Å². The number of amides is 2. The second-order valence-corrected chi connectivity index (χ2v) is 5.89. The third kappa shape index (κ3) is 3.30. The summed E-state index contributed by atoms with van der Waals surface area (Å²) in [5.74, 6) is -1.39. The zero-order valence-corrected chi connectivity index (χ0v) is 13.5. The summed E-state index contributed by atoms with van der Waals surface area (Å²) < 4.78 is 13.6. The van der Waals surface area contributed by atoms with Crippen molar-refractivity contribution >= 4 is 23.2 Å². The van der Waals surface area contributed by atoms with Crippen molar-refractivity contribution < 1.29 is 14.0 Å². The first-order valence-electron chi connectivity index (χ1n) is 8.03. The Labute approximate surface area is 140 Å². The van der Waals surface area contributed by atoms with Gasteiger partial charge in [0.05, 0.1) is 11.6 Å². The van der Waals surface area contributed by atoms with Crippen LogP contribution in [0.2, 0.25) is 0 Å². The molecule has 1 fully saturated rings. The quantitative estimate of drug-likeness (QED) is 0.936. The van der Waals surface area contributed by atoms with E-state index in [0.717, 1.165) is 12.1 Å². The van der Waals surface area contributed by atoms with Crippen molar-refractivity contribution in [1.82, 2.24) is 0 Å². The van der Waals surface area contributed by atoms with E-state index in [-0.39, 0.29) is 23.9 Å². The summed E-state index contributed by atoms with van der Waals surface area (Å²) >= 11 is 0. The first-order valence-corrected chi connectivity index (χ1v) is 8.03. The number of nitrogens with zero attached hydrogens (tertiary/aromatic N) is 1. The fourth-order valence-electron chi connectivity index (χ4n) is 2.84. The molecule has 124 valence electrons. The Bertz CT molecular complexity index is 758. The highest BCUT2D eigenvalue weighted by molar-refractivity contribution is 6.03. The van der Waals surface area contributed by atoms with E-state index in [0.29, 0.717) is 6.54 Å². The number of carbonyl (C=O) groups excluding carboxylic acids is 2. The number of rotatable bonds is 4. The van der Waals surface area contributed by atoms with E-state index in [1.54, 1.807) is 17.0 Å². The van der Waals surface area contributed by atoms with Crippen molar-refractivity contribution in [1.29, 1.82) is 0 Å². The summed E-state index contributed by atoms with van der Waals surface area (Å²) in [5.41, 5.74) is 2.12. The van der Waals surface area contributed by atoms with Gasteiger partial charge in [-0.15, -0.1) is 0 Å². The number of hydrogen-bond donors (Lipinski definition) is 1. The number of nitrogens with one attached hydrogen (secondary N) is 1. The van der Waals surface area contributed by atoms with Gasteiger partial charge < -0.3 is 10.2 Å². The minimum absolute atomic E-state index is 0.0899. The van der Waals surface area contributed by atoms with Crippen LogP contribution in [0.15, 0.2) is 48.5 Å². The highest BCUT2D eigenvalue weighted by Crippen LogP contribution is 2.26. The van der Waals surface area contributed by atoms with E-state index < -0.39 is 11.7 Å². The first kappa shape index (κ1) is 16.2. The van der Waals surface area contributed by atoms with Crippen LogP contribution in [0.4, 0.5) is 15.8 Å². The van der Waals surface area contributed by atoms with Crippen LogP contribution < -0.4 is 10.2 Å². The Morgan fingerprint density at radius 1 is 1.21 bits per heavy atom. The van der Waals surface area contributed by atoms with Gasteiger partial charge in [-0.05, 0) is 36.2 Å². The molecular weight excluding hydrogens is 307 g/mol. The van der Waals surface area contributed by atoms with Gasteiger partial charge in [0.2, 0.25) is 11.8 Å². The summed E-state index contributed by atoms with van der Waals surface area (Å²) in [6, 6.07) is 13.8. The monoisotopic (exact) mass is 326 g/mol. The van der Waals surface area contributed by atoms with Gasteiger partial charge in [-0.25, -0.2) is 4.39 Å². The van der Waals surface area contributed by atoms with Crippen LogP contribution in [0, 0.1) is 11.7 Å². The van der Waals surface area contributed by atoms with Crippen LogP contribution in [0.1, 0.15) is 18.9 Å². The SMILES string of the molecule is CCc1ccc(N2C[C@@H](C(=O)Nc3ccccc3F)CC2=O)cc1. The summed E-state index contributed by atoms with van der Waals surface area (Å²) in [6.45, 7) is 2.38. The molecule has 0 aromatic heterocycles. The average Bonchev–Trinajstić information content (AvgIpc) is 2.99. The molecule has 4 nitrogen and oxygen atoms in total. The maximum absolute atomic E-state index is 13.6. The van der Waals surface area contributed by atoms with Gasteiger partial charge in [0.25, 0.3) is 0 Å². The fraction of sp³-hybridized carbons (Fsp3) is 0.263. The fourth-order valence-corrected chi connectivity index (χ4v) is 2.84. The smallest absolute Gasteiger partial charge is 0.229 e. The number of hydrogen-bond acceptors (Lipinski definition) is 2. The van der Waals surface area contributed by atoms with Gasteiger partial charge in [0.1, 0.15) is 5.82 Å². The average molecular weight is 326 g/mol. The molecular formula is C19H19FN2O2. The van der Waals surface area contributed by atoms with Gasteiger partial charge in [-0.1, -0.05) is 31.2 Å². The van der Waals surface area contributed by atoms with Crippen LogP contribution in [0.3, 0.4) is 0 Å². The molecule has 1 heterocycles. The molecule has 1 aliphatic rings. The number of carbonyl (C=O) groups is 2. The Balaban J connectivity index is 1.69. The van der Waals surface area contributed by atoms with Crippen molar-refractivity contribution in [2.75, 3.05) is 16.8 Å². The second kappa shape index (κ2) is 6.83. The minimum Gasteiger partial charge on any atom is -0.323 e. The van der Waals surface area contributed by atoms with Crippen molar-refractivity contribution in [2.24, 2.45) is 5.92 Å². The maximum Gasteiger partial charge on any atom is 0.229 e. The van der Waals surface area contributed by atoms with E-state index in [1.807, 2.05) is 24.3 Å². The maximum atomic E-state index is 13.6. The summed E-state index contributed by atoms with van der Waals surface area (Å²) in [6.07, 6.45) is 1.07. The van der Waals surface area contributed by atoms with Crippen molar-refractivity contribution in [3.8, 4) is 0 Å². The molecule has 0 radical (unpaired) electrons. The van der Waals surface area contributed by atoms with Gasteiger partial charge >= 0.3 is 0 Å². The molecule has 5 heteroatoms. The molecule has 2 aromatic rings. The lowest BCUT2D eigenvalue weighted by Crippen LogP contribution is -2.28. The van der Waals surface area contributed by atoms with Crippen molar-refractivity contribution in [3.05, 3.63) is 59.9 Å². The number of halogens is 1. The van der Waals surface area contributed by atoms with Gasteiger partial charge in [-0.3, -0.25) is 9.59 Å². The number of anilines is 2. The molecule has 0 bridgehead atoms. The van der Waals surface area contributed by atoms with Crippen molar-refractivity contribution in [2.45, 2.75) is 19.8 Å². The minimum atomic E-state index is -0.484. The molecule has 1 atom stereocenters. The summed E-state index contributed by atoms with van der Waals surface area (Å²) in [5, 5.41) is 2.57. The lowest BCUT2D eigenvalue weighted by Gasteiger charge is -2.17. The lowest BCUT2D eigenvalue weighted by molar-refractivity contribution is -0.122. The molecule has 0 unspecified atom stereocenters. The third-order valence-corrected chi connectivity index (χ3v) is 4.28. The zero-order valence-electron chi connectivity index (χ0n) is 13.5. The molecule has 0 aliphatic carbocycles. The Hall–Kier alpha value is -2.69. The molecule has 1 aliphatic heterocycles. The van der Waals surface area contributed by atoms with Crippen LogP contribution >= 0.6 is 0 Å². The molecule has 24 heavy (non-hydrogen) atoms. The Kier molecular flexibility index (Phi) is 4.60. The van der Waals surface area contributed by atoms with E-state index in [1.165, 1.54) is 17.7 Å². The number of benzene rings is 2. The second-order valence-electron chi connectivity index (χ2n) is 5.89. The lowest BCUT2D eigenvalue weighted by atomic mass is 10.1. The van der Waals surface area contributed by atoms with E-state index in [2.05, 4.69) is 12.2 Å². The van der Waals surface area contributed by atoms with Crippen LogP contribution in [-0.2, 0) is 16.0 Å². The predicted molar refractivity (Wildman–Crippen MR) is 91.3 cm³/mol. The van der Waals surface area contributed by atoms with Gasteiger partial charge in [0, 0.05) is 18.7 Å². The topological polar surface area (TPSA) is 49.4 Å². The number of aryl methyl sites for hydroxylation is 1. The first-order chi connectivity index (χ1) is 11.6. The molecule has 0 spiro atoms. The highest BCUT2D eigenvalue weighted by atomic mass is 19.1.